The second kappa shape index (κ2) is 2.21. The molecule has 0 unspecified atom stereocenters. The number of nitrogens with zero attached hydrogens (tertiary/aromatic N) is 2. The van der Waals surface area contributed by atoms with E-state index in [1.165, 1.54) is 26.2 Å². The maximum absolute atomic E-state index is 2.46. The van der Waals surface area contributed by atoms with E-state index in [2.05, 4.69) is 23.9 Å². The fourth-order valence-electron chi connectivity index (χ4n) is 2.46. The number of rotatable bonds is 0. The van der Waals surface area contributed by atoms with Gasteiger partial charge in [-0.3, -0.25) is 0 Å². The molecule has 0 aromatic carbocycles. The van der Waals surface area contributed by atoms with Gasteiger partial charge < -0.3 is 9.80 Å². The fraction of sp³-hybridized carbons (Fsp3) is 1.00. The van der Waals surface area contributed by atoms with Gasteiger partial charge in [0.25, 0.3) is 0 Å². The standard InChI is InChI=1S/C8H16N2/c1-9-3-7-5-10(2)6-8(7)4-9/h7-8H,3-6H2,1-2H3. The number of hydrogen-bond acceptors (Lipinski definition) is 2. The fourth-order valence-corrected chi connectivity index (χ4v) is 2.46. The minimum atomic E-state index is 0.981. The first-order valence-electron chi connectivity index (χ1n) is 4.13. The zero-order valence-electron chi connectivity index (χ0n) is 6.88. The van der Waals surface area contributed by atoms with Gasteiger partial charge in [-0.05, 0) is 25.9 Å². The Morgan fingerprint density at radius 1 is 0.800 bits per heavy atom. The molecule has 2 nitrogen and oxygen atoms in total. The molecule has 2 aliphatic rings. The molecule has 58 valence electrons. The van der Waals surface area contributed by atoms with Gasteiger partial charge in [0.05, 0.1) is 0 Å². The van der Waals surface area contributed by atoms with Crippen LogP contribution in [0.5, 0.6) is 0 Å². The topological polar surface area (TPSA) is 6.48 Å². The van der Waals surface area contributed by atoms with Crippen LogP contribution in [0.2, 0.25) is 0 Å². The Kier molecular flexibility index (Phi) is 1.46. The molecule has 2 aliphatic heterocycles. The van der Waals surface area contributed by atoms with Crippen LogP contribution in [0.1, 0.15) is 0 Å². The third-order valence-electron chi connectivity index (χ3n) is 2.85. The Bertz CT molecular complexity index is 107. The zero-order valence-corrected chi connectivity index (χ0v) is 6.88. The molecule has 0 N–H and O–H groups in total. The van der Waals surface area contributed by atoms with Crippen LogP contribution in [-0.4, -0.2) is 50.1 Å². The highest BCUT2D eigenvalue weighted by Gasteiger charge is 2.36. The SMILES string of the molecule is CN1CC2CN(C)CC2C1. The highest BCUT2D eigenvalue weighted by molar-refractivity contribution is 4.90. The lowest BCUT2D eigenvalue weighted by molar-refractivity contribution is 0.316. The highest BCUT2D eigenvalue weighted by atomic mass is 15.2. The average molecular weight is 140 g/mol. The van der Waals surface area contributed by atoms with Crippen molar-refractivity contribution in [2.24, 2.45) is 11.8 Å². The van der Waals surface area contributed by atoms with Crippen molar-refractivity contribution in [3.05, 3.63) is 0 Å². The molecule has 2 fully saturated rings. The Morgan fingerprint density at radius 2 is 1.10 bits per heavy atom. The smallest absolute Gasteiger partial charge is 0.00226 e. The largest absolute Gasteiger partial charge is 0.306 e. The maximum atomic E-state index is 2.46. The molecule has 0 aromatic rings. The molecular weight excluding hydrogens is 124 g/mol. The van der Waals surface area contributed by atoms with Crippen molar-refractivity contribution in [3.8, 4) is 0 Å². The molecule has 0 spiro atoms. The summed E-state index contributed by atoms with van der Waals surface area (Å²) >= 11 is 0. The molecule has 0 bridgehead atoms. The summed E-state index contributed by atoms with van der Waals surface area (Å²) in [7, 11) is 4.47. The first-order valence-corrected chi connectivity index (χ1v) is 4.13. The van der Waals surface area contributed by atoms with E-state index in [1.807, 2.05) is 0 Å². The predicted molar refractivity (Wildman–Crippen MR) is 42.0 cm³/mol. The van der Waals surface area contributed by atoms with Crippen LogP contribution in [-0.2, 0) is 0 Å². The highest BCUT2D eigenvalue weighted by Crippen LogP contribution is 2.28. The van der Waals surface area contributed by atoms with Gasteiger partial charge in [-0.1, -0.05) is 0 Å². The minimum Gasteiger partial charge on any atom is -0.306 e. The third-order valence-corrected chi connectivity index (χ3v) is 2.85. The van der Waals surface area contributed by atoms with Crippen molar-refractivity contribution < 1.29 is 0 Å². The Hall–Kier alpha value is -0.0800. The third kappa shape index (κ3) is 0.956. The van der Waals surface area contributed by atoms with Crippen LogP contribution in [0.4, 0.5) is 0 Å². The van der Waals surface area contributed by atoms with Crippen LogP contribution in [0, 0.1) is 11.8 Å². The molecule has 0 aromatic heterocycles. The summed E-state index contributed by atoms with van der Waals surface area (Å²) in [5.41, 5.74) is 0. The summed E-state index contributed by atoms with van der Waals surface area (Å²) < 4.78 is 0. The molecular formula is C8H16N2. The van der Waals surface area contributed by atoms with E-state index in [9.17, 15) is 0 Å². The second-order valence-electron chi connectivity index (χ2n) is 3.96. The Balaban J connectivity index is 2.00. The molecule has 0 saturated carbocycles. The van der Waals surface area contributed by atoms with Crippen LogP contribution < -0.4 is 0 Å². The van der Waals surface area contributed by atoms with Gasteiger partial charge in [-0.2, -0.15) is 0 Å². The number of hydrogen-bond donors (Lipinski definition) is 0. The van der Waals surface area contributed by atoms with Gasteiger partial charge in [-0.25, -0.2) is 0 Å². The molecule has 0 amide bonds. The molecule has 0 radical (unpaired) electrons. The molecule has 2 heteroatoms. The quantitative estimate of drug-likeness (QED) is 0.471. The van der Waals surface area contributed by atoms with Crippen molar-refractivity contribution in [3.63, 3.8) is 0 Å². The van der Waals surface area contributed by atoms with Crippen LogP contribution >= 0.6 is 0 Å². The van der Waals surface area contributed by atoms with Crippen molar-refractivity contribution in [2.45, 2.75) is 0 Å². The van der Waals surface area contributed by atoms with E-state index in [0.717, 1.165) is 11.8 Å². The molecule has 2 heterocycles. The summed E-state index contributed by atoms with van der Waals surface area (Å²) in [5.74, 6) is 1.96. The molecule has 2 rings (SSSR count). The van der Waals surface area contributed by atoms with E-state index in [-0.39, 0.29) is 0 Å². The van der Waals surface area contributed by atoms with Crippen molar-refractivity contribution in [2.75, 3.05) is 40.3 Å². The summed E-state index contributed by atoms with van der Waals surface area (Å²) in [6.45, 7) is 5.31. The van der Waals surface area contributed by atoms with Crippen LogP contribution in [0.25, 0.3) is 0 Å². The monoisotopic (exact) mass is 140 g/mol. The van der Waals surface area contributed by atoms with Gasteiger partial charge in [0.2, 0.25) is 0 Å². The molecule has 2 saturated heterocycles. The maximum Gasteiger partial charge on any atom is 0.00226 e. The Morgan fingerprint density at radius 3 is 1.40 bits per heavy atom. The van der Waals surface area contributed by atoms with Crippen LogP contribution in [0.15, 0.2) is 0 Å². The first kappa shape index (κ1) is 6.62. The molecule has 0 aliphatic carbocycles. The van der Waals surface area contributed by atoms with Gasteiger partial charge in [0.15, 0.2) is 0 Å². The van der Waals surface area contributed by atoms with E-state index in [0.29, 0.717) is 0 Å². The average Bonchev–Trinajstić information content (AvgIpc) is 2.21. The second-order valence-corrected chi connectivity index (χ2v) is 3.96. The summed E-state index contributed by atoms with van der Waals surface area (Å²) in [6.07, 6.45) is 0. The van der Waals surface area contributed by atoms with Gasteiger partial charge in [0, 0.05) is 26.2 Å². The van der Waals surface area contributed by atoms with Gasteiger partial charge >= 0.3 is 0 Å². The first-order chi connectivity index (χ1) is 4.75. The van der Waals surface area contributed by atoms with E-state index in [1.54, 1.807) is 0 Å². The normalized spacial score (nSPS) is 42.6. The molecule has 10 heavy (non-hydrogen) atoms. The molecule has 0 atom stereocenters. The van der Waals surface area contributed by atoms with Gasteiger partial charge in [0.1, 0.15) is 0 Å². The number of likely N-dealkylation sites (tertiary alicyclic amines) is 2. The van der Waals surface area contributed by atoms with Crippen molar-refractivity contribution in [1.82, 2.24) is 9.80 Å². The lowest BCUT2D eigenvalue weighted by Gasteiger charge is -2.12. The summed E-state index contributed by atoms with van der Waals surface area (Å²) in [6, 6.07) is 0. The van der Waals surface area contributed by atoms with E-state index >= 15 is 0 Å². The summed E-state index contributed by atoms with van der Waals surface area (Å²) in [5, 5.41) is 0. The van der Waals surface area contributed by atoms with Crippen molar-refractivity contribution in [1.29, 1.82) is 0 Å². The predicted octanol–water partition coefficient (Wildman–Crippen LogP) is 0.110. The van der Waals surface area contributed by atoms with E-state index < -0.39 is 0 Å². The zero-order chi connectivity index (χ0) is 7.14. The lowest BCUT2D eigenvalue weighted by Crippen LogP contribution is -2.23. The Labute approximate surface area is 62.8 Å². The summed E-state index contributed by atoms with van der Waals surface area (Å²) in [4.78, 5) is 4.92. The van der Waals surface area contributed by atoms with Crippen LogP contribution in [0.3, 0.4) is 0 Å². The van der Waals surface area contributed by atoms with Gasteiger partial charge in [-0.15, -0.1) is 0 Å². The van der Waals surface area contributed by atoms with E-state index in [4.69, 9.17) is 0 Å². The number of fused-ring (bicyclic) bond motifs is 1. The minimum absolute atomic E-state index is 0.981. The lowest BCUT2D eigenvalue weighted by atomic mass is 10.0. The van der Waals surface area contributed by atoms with Crippen molar-refractivity contribution >= 4 is 0 Å².